The molecule has 1 rings (SSSR count). The predicted molar refractivity (Wildman–Crippen MR) is 71.6 cm³/mol. The number of benzene rings is 1. The summed E-state index contributed by atoms with van der Waals surface area (Å²) in [5.41, 5.74) is 5.60. The minimum atomic E-state index is -3.31. The Hall–Kier alpha value is -1.76. The number of nitrogens with one attached hydrogen (secondary N) is 2. The van der Waals surface area contributed by atoms with Crippen LogP contribution in [0.1, 0.15) is 13.3 Å². The van der Waals surface area contributed by atoms with E-state index in [2.05, 4.69) is 4.72 Å². The van der Waals surface area contributed by atoms with Crippen LogP contribution in [0.3, 0.4) is 0 Å². The summed E-state index contributed by atoms with van der Waals surface area (Å²) in [6.45, 7) is 1.77. The van der Waals surface area contributed by atoms with E-state index in [9.17, 15) is 8.42 Å². The van der Waals surface area contributed by atoms with Crippen molar-refractivity contribution in [3.05, 3.63) is 24.3 Å². The Bertz CT molecular complexity index is 514. The summed E-state index contributed by atoms with van der Waals surface area (Å²) in [5, 5.41) is 7.04. The monoisotopic (exact) mass is 271 g/mol. The van der Waals surface area contributed by atoms with Crippen LogP contribution in [0.4, 0.5) is 5.69 Å². The van der Waals surface area contributed by atoms with Crippen molar-refractivity contribution in [3.8, 4) is 5.75 Å². The molecule has 0 saturated carbocycles. The van der Waals surface area contributed by atoms with Crippen LogP contribution in [0.5, 0.6) is 5.75 Å². The van der Waals surface area contributed by atoms with Gasteiger partial charge in [-0.2, -0.15) is 0 Å². The molecule has 0 atom stereocenters. The molecule has 4 N–H and O–H groups in total. The van der Waals surface area contributed by atoms with Crippen molar-refractivity contribution in [2.24, 2.45) is 5.73 Å². The van der Waals surface area contributed by atoms with Gasteiger partial charge >= 0.3 is 0 Å². The number of hydrogen-bond acceptors (Lipinski definition) is 4. The predicted octanol–water partition coefficient (Wildman–Crippen LogP) is 1.15. The molecular formula is C11H17N3O3S. The van der Waals surface area contributed by atoms with Crippen molar-refractivity contribution in [1.29, 1.82) is 5.41 Å². The number of ether oxygens (including phenoxy) is 1. The molecule has 6 nitrogen and oxygen atoms in total. The Morgan fingerprint density at radius 2 is 2.22 bits per heavy atom. The van der Waals surface area contributed by atoms with Gasteiger partial charge in [-0.25, -0.2) is 8.42 Å². The molecule has 0 bridgehead atoms. The first kappa shape index (κ1) is 14.3. The van der Waals surface area contributed by atoms with Gasteiger partial charge < -0.3 is 10.5 Å². The van der Waals surface area contributed by atoms with Crippen molar-refractivity contribution in [3.63, 3.8) is 0 Å². The van der Waals surface area contributed by atoms with Crippen molar-refractivity contribution in [2.75, 3.05) is 17.1 Å². The Kier molecular flexibility index (Phi) is 4.96. The van der Waals surface area contributed by atoms with Crippen LogP contribution in [0.15, 0.2) is 24.3 Å². The van der Waals surface area contributed by atoms with E-state index in [0.717, 1.165) is 0 Å². The lowest BCUT2D eigenvalue weighted by Crippen LogP contribution is -2.19. The fourth-order valence-electron chi connectivity index (χ4n) is 1.31. The highest BCUT2D eigenvalue weighted by molar-refractivity contribution is 7.92. The van der Waals surface area contributed by atoms with Crippen LogP contribution in [-0.2, 0) is 10.0 Å². The second kappa shape index (κ2) is 6.25. The van der Waals surface area contributed by atoms with Gasteiger partial charge in [0.05, 0.1) is 11.4 Å². The zero-order chi connectivity index (χ0) is 13.6. The highest BCUT2D eigenvalue weighted by Crippen LogP contribution is 2.18. The standard InChI is InChI=1S/C11H17N3O3S/c1-2-6-18(15,16)14-9-4-3-5-10(7-9)17-8-11(12)13/h3-5,7,14H,2,6,8H2,1H3,(H3,12,13). The Morgan fingerprint density at radius 3 is 2.83 bits per heavy atom. The van der Waals surface area contributed by atoms with Crippen molar-refractivity contribution >= 4 is 21.5 Å². The summed E-state index contributed by atoms with van der Waals surface area (Å²) < 4.78 is 30.8. The first-order valence-corrected chi connectivity index (χ1v) is 7.14. The first-order valence-electron chi connectivity index (χ1n) is 5.49. The van der Waals surface area contributed by atoms with Gasteiger partial charge in [0.2, 0.25) is 10.0 Å². The number of rotatable bonds is 7. The average Bonchev–Trinajstić information content (AvgIpc) is 2.26. The largest absolute Gasteiger partial charge is 0.486 e. The van der Waals surface area contributed by atoms with Crippen molar-refractivity contribution in [1.82, 2.24) is 0 Å². The summed E-state index contributed by atoms with van der Waals surface area (Å²) in [5.74, 6) is 0.444. The molecule has 0 spiro atoms. The van der Waals surface area contributed by atoms with Gasteiger partial charge in [-0.1, -0.05) is 13.0 Å². The molecule has 0 heterocycles. The maximum atomic E-state index is 11.6. The molecule has 0 aliphatic heterocycles. The lowest BCUT2D eigenvalue weighted by molar-refractivity contribution is 0.374. The molecule has 18 heavy (non-hydrogen) atoms. The molecule has 0 fully saturated rings. The average molecular weight is 271 g/mol. The second-order valence-electron chi connectivity index (χ2n) is 3.76. The number of sulfonamides is 1. The Labute approximate surface area is 107 Å². The fourth-order valence-corrected chi connectivity index (χ4v) is 2.44. The maximum Gasteiger partial charge on any atom is 0.232 e. The molecular weight excluding hydrogens is 254 g/mol. The van der Waals surface area contributed by atoms with Crippen LogP contribution in [-0.4, -0.2) is 26.6 Å². The molecule has 0 aliphatic rings. The minimum Gasteiger partial charge on any atom is -0.486 e. The van der Waals surface area contributed by atoms with Gasteiger partial charge in [-0.15, -0.1) is 0 Å². The molecule has 0 amide bonds. The molecule has 0 aliphatic carbocycles. The van der Waals surface area contributed by atoms with E-state index in [0.29, 0.717) is 17.9 Å². The van der Waals surface area contributed by atoms with E-state index in [1.54, 1.807) is 31.2 Å². The van der Waals surface area contributed by atoms with E-state index in [4.69, 9.17) is 15.9 Å². The summed E-state index contributed by atoms with van der Waals surface area (Å²) >= 11 is 0. The van der Waals surface area contributed by atoms with Gasteiger partial charge in [0, 0.05) is 6.07 Å². The molecule has 100 valence electrons. The van der Waals surface area contributed by atoms with Crippen molar-refractivity contribution in [2.45, 2.75) is 13.3 Å². The van der Waals surface area contributed by atoms with Crippen LogP contribution >= 0.6 is 0 Å². The Morgan fingerprint density at radius 1 is 1.50 bits per heavy atom. The summed E-state index contributed by atoms with van der Waals surface area (Å²) in [6, 6.07) is 6.52. The zero-order valence-corrected chi connectivity index (χ0v) is 11.0. The third kappa shape index (κ3) is 5.05. The molecule has 0 unspecified atom stereocenters. The second-order valence-corrected chi connectivity index (χ2v) is 5.60. The van der Waals surface area contributed by atoms with E-state index < -0.39 is 10.0 Å². The molecule has 1 aromatic rings. The third-order valence-corrected chi connectivity index (χ3v) is 3.47. The number of anilines is 1. The van der Waals surface area contributed by atoms with Gasteiger partial charge in [0.25, 0.3) is 0 Å². The lowest BCUT2D eigenvalue weighted by atomic mass is 10.3. The van der Waals surface area contributed by atoms with Crippen molar-refractivity contribution < 1.29 is 13.2 Å². The zero-order valence-electron chi connectivity index (χ0n) is 10.1. The fraction of sp³-hybridized carbons (Fsp3) is 0.364. The van der Waals surface area contributed by atoms with Crippen LogP contribution < -0.4 is 15.2 Å². The number of amidine groups is 1. The van der Waals surface area contributed by atoms with Gasteiger partial charge in [-0.05, 0) is 18.6 Å². The van der Waals surface area contributed by atoms with E-state index in [1.807, 2.05) is 0 Å². The van der Waals surface area contributed by atoms with Crippen LogP contribution in [0, 0.1) is 5.41 Å². The smallest absolute Gasteiger partial charge is 0.232 e. The normalized spacial score (nSPS) is 10.9. The summed E-state index contributed by atoms with van der Waals surface area (Å²) in [4.78, 5) is 0. The Balaban J connectivity index is 2.73. The maximum absolute atomic E-state index is 11.6. The number of hydrogen-bond donors (Lipinski definition) is 3. The summed E-state index contributed by atoms with van der Waals surface area (Å²) in [7, 11) is -3.31. The molecule has 0 radical (unpaired) electrons. The molecule has 0 saturated heterocycles. The molecule has 0 aromatic heterocycles. The van der Waals surface area contributed by atoms with Gasteiger partial charge in [0.15, 0.2) is 0 Å². The number of nitrogens with two attached hydrogens (primary N) is 1. The lowest BCUT2D eigenvalue weighted by Gasteiger charge is -2.09. The third-order valence-electron chi connectivity index (χ3n) is 1.97. The van der Waals surface area contributed by atoms with E-state index in [1.165, 1.54) is 0 Å². The summed E-state index contributed by atoms with van der Waals surface area (Å²) in [6.07, 6.45) is 0.551. The van der Waals surface area contributed by atoms with Crippen LogP contribution in [0.25, 0.3) is 0 Å². The topological polar surface area (TPSA) is 105 Å². The van der Waals surface area contributed by atoms with Gasteiger partial charge in [0.1, 0.15) is 18.2 Å². The first-order chi connectivity index (χ1) is 8.43. The molecule has 7 heteroatoms. The van der Waals surface area contributed by atoms with E-state index >= 15 is 0 Å². The highest BCUT2D eigenvalue weighted by atomic mass is 32.2. The highest BCUT2D eigenvalue weighted by Gasteiger charge is 2.09. The van der Waals surface area contributed by atoms with Gasteiger partial charge in [-0.3, -0.25) is 10.1 Å². The SMILES string of the molecule is CCCS(=O)(=O)Nc1cccc(OCC(=N)N)c1. The van der Waals surface area contributed by atoms with E-state index in [-0.39, 0.29) is 18.2 Å². The molecule has 1 aromatic carbocycles. The quantitative estimate of drug-likeness (QED) is 0.511. The van der Waals surface area contributed by atoms with Crippen LogP contribution in [0.2, 0.25) is 0 Å². The minimum absolute atomic E-state index is 0.0227.